The van der Waals surface area contributed by atoms with Gasteiger partial charge in [0.15, 0.2) is 0 Å². The first-order valence-electron chi connectivity index (χ1n) is 7.14. The van der Waals surface area contributed by atoms with Crippen LogP contribution in [0.5, 0.6) is 0 Å². The first-order valence-corrected chi connectivity index (χ1v) is 7.14. The Labute approximate surface area is 139 Å². The normalized spacial score (nSPS) is 9.62. The molecule has 5 heteroatoms. The molecule has 0 bridgehead atoms. The van der Waals surface area contributed by atoms with Gasteiger partial charge in [0.2, 0.25) is 0 Å². The molecule has 0 spiro atoms. The molecule has 4 nitrogen and oxygen atoms in total. The van der Waals surface area contributed by atoms with Gasteiger partial charge in [0.25, 0.3) is 0 Å². The number of hydrogen-bond donors (Lipinski definition) is 0. The van der Waals surface area contributed by atoms with E-state index in [0.717, 1.165) is 25.7 Å². The molecule has 0 atom stereocenters. The van der Waals surface area contributed by atoms with Crippen molar-refractivity contribution in [1.82, 2.24) is 0 Å². The maximum atomic E-state index is 11.9. The number of unbranched alkanes of at least 4 members (excludes halogenated alkanes) is 2. The first-order chi connectivity index (χ1) is 9.70. The van der Waals surface area contributed by atoms with Crippen LogP contribution in [-0.4, -0.2) is 25.2 Å². The predicted octanol–water partition coefficient (Wildman–Crippen LogP) is 3.60. The molecule has 1 aromatic carbocycles. The molecular formula is C16H22O4Zn. The molecule has 1 aromatic rings. The Hall–Kier alpha value is -1.22. The van der Waals surface area contributed by atoms with E-state index in [1.54, 1.807) is 24.3 Å². The second-order valence-corrected chi connectivity index (χ2v) is 4.52. The van der Waals surface area contributed by atoms with Gasteiger partial charge in [-0.25, -0.2) is 9.59 Å². The molecule has 112 valence electrons. The van der Waals surface area contributed by atoms with Gasteiger partial charge in [-0.3, -0.25) is 0 Å². The summed E-state index contributed by atoms with van der Waals surface area (Å²) in [6.07, 6.45) is 3.53. The molecule has 0 aromatic heterocycles. The molecule has 1 rings (SSSR count). The van der Waals surface area contributed by atoms with E-state index in [0.29, 0.717) is 13.2 Å². The minimum atomic E-state index is -0.471. The van der Waals surface area contributed by atoms with Gasteiger partial charge in [0, 0.05) is 19.5 Å². The van der Waals surface area contributed by atoms with Crippen LogP contribution in [-0.2, 0) is 29.0 Å². The predicted molar refractivity (Wildman–Crippen MR) is 76.8 cm³/mol. The van der Waals surface area contributed by atoms with Gasteiger partial charge in [-0.05, 0) is 25.0 Å². The Bertz CT molecular complexity index is 405. The summed E-state index contributed by atoms with van der Waals surface area (Å²) in [5.41, 5.74) is 0.537. The first kappa shape index (κ1) is 19.8. The summed E-state index contributed by atoms with van der Waals surface area (Å²) in [6.45, 7) is 4.78. The van der Waals surface area contributed by atoms with E-state index in [4.69, 9.17) is 9.47 Å². The number of esters is 2. The zero-order chi connectivity index (χ0) is 14.8. The van der Waals surface area contributed by atoms with Crippen molar-refractivity contribution in [3.05, 3.63) is 35.4 Å². The molecule has 0 heterocycles. The fourth-order valence-electron chi connectivity index (χ4n) is 1.61. The monoisotopic (exact) mass is 342 g/mol. The summed E-state index contributed by atoms with van der Waals surface area (Å²) in [5, 5.41) is 0. The van der Waals surface area contributed by atoms with Crippen LogP contribution in [0.15, 0.2) is 24.3 Å². The van der Waals surface area contributed by atoms with E-state index in [1.165, 1.54) is 0 Å². The van der Waals surface area contributed by atoms with Gasteiger partial charge in [-0.1, -0.05) is 38.8 Å². The Morgan fingerprint density at radius 2 is 1.24 bits per heavy atom. The maximum absolute atomic E-state index is 11.9. The van der Waals surface area contributed by atoms with Gasteiger partial charge in [-0.15, -0.1) is 0 Å². The minimum Gasteiger partial charge on any atom is -0.462 e. The number of hydrogen-bond acceptors (Lipinski definition) is 4. The number of carbonyl (C=O) groups excluding carboxylic acids is 2. The molecule has 0 aliphatic heterocycles. The van der Waals surface area contributed by atoms with Crippen LogP contribution in [0.2, 0.25) is 0 Å². The number of ether oxygens (including phenoxy) is 2. The molecule has 0 aliphatic carbocycles. The van der Waals surface area contributed by atoms with Gasteiger partial charge in [-0.2, -0.15) is 0 Å². The third kappa shape index (κ3) is 6.85. The van der Waals surface area contributed by atoms with Gasteiger partial charge >= 0.3 is 11.9 Å². The molecule has 0 radical (unpaired) electrons. The van der Waals surface area contributed by atoms with Gasteiger partial charge in [0.05, 0.1) is 24.3 Å². The second kappa shape index (κ2) is 11.4. The van der Waals surface area contributed by atoms with Crippen molar-refractivity contribution >= 4 is 11.9 Å². The minimum absolute atomic E-state index is 0. The zero-order valence-corrected chi connectivity index (χ0v) is 15.9. The van der Waals surface area contributed by atoms with Crippen molar-refractivity contribution < 1.29 is 38.5 Å². The van der Waals surface area contributed by atoms with Crippen LogP contribution in [0.3, 0.4) is 0 Å². The van der Waals surface area contributed by atoms with Crippen LogP contribution in [0, 0.1) is 0 Å². The summed E-state index contributed by atoms with van der Waals surface area (Å²) in [5.74, 6) is -0.942. The van der Waals surface area contributed by atoms with Crippen molar-refractivity contribution in [2.45, 2.75) is 39.5 Å². The smallest absolute Gasteiger partial charge is 0.339 e. The molecular weight excluding hydrogens is 322 g/mol. The van der Waals surface area contributed by atoms with Gasteiger partial charge < -0.3 is 9.47 Å². The van der Waals surface area contributed by atoms with Crippen LogP contribution in [0.4, 0.5) is 0 Å². The van der Waals surface area contributed by atoms with Crippen LogP contribution < -0.4 is 0 Å². The molecule has 0 unspecified atom stereocenters. The maximum Gasteiger partial charge on any atom is 0.339 e. The SMILES string of the molecule is CCCCOC(=O)c1ccccc1C(=O)OCCCC.[Zn]. The van der Waals surface area contributed by atoms with Crippen molar-refractivity contribution in [2.75, 3.05) is 13.2 Å². The summed E-state index contributed by atoms with van der Waals surface area (Å²) >= 11 is 0. The number of rotatable bonds is 8. The fraction of sp³-hybridized carbons (Fsp3) is 0.500. The van der Waals surface area contributed by atoms with E-state index in [2.05, 4.69) is 0 Å². The molecule has 0 amide bonds. The van der Waals surface area contributed by atoms with E-state index in [-0.39, 0.29) is 30.6 Å². The second-order valence-electron chi connectivity index (χ2n) is 4.52. The largest absolute Gasteiger partial charge is 0.462 e. The zero-order valence-electron chi connectivity index (χ0n) is 12.9. The molecule has 0 aliphatic rings. The summed E-state index contributed by atoms with van der Waals surface area (Å²) in [7, 11) is 0. The van der Waals surface area contributed by atoms with E-state index < -0.39 is 11.9 Å². The van der Waals surface area contributed by atoms with Crippen LogP contribution >= 0.6 is 0 Å². The molecule has 0 saturated carbocycles. The molecule has 0 fully saturated rings. The Morgan fingerprint density at radius 3 is 1.57 bits per heavy atom. The standard InChI is InChI=1S/C16H22O4.Zn/c1-3-5-11-19-15(17)13-9-7-8-10-14(13)16(18)20-12-6-4-2;/h7-10H,3-6,11-12H2,1-2H3;. The molecule has 21 heavy (non-hydrogen) atoms. The van der Waals surface area contributed by atoms with E-state index >= 15 is 0 Å². The quantitative estimate of drug-likeness (QED) is 0.411. The fourth-order valence-corrected chi connectivity index (χ4v) is 1.61. The van der Waals surface area contributed by atoms with Crippen molar-refractivity contribution in [2.24, 2.45) is 0 Å². The Kier molecular flexibility index (Phi) is 10.8. The van der Waals surface area contributed by atoms with Crippen molar-refractivity contribution in [3.63, 3.8) is 0 Å². The van der Waals surface area contributed by atoms with Gasteiger partial charge in [0.1, 0.15) is 0 Å². The third-order valence-electron chi connectivity index (χ3n) is 2.83. The van der Waals surface area contributed by atoms with Crippen LogP contribution in [0.1, 0.15) is 60.2 Å². The van der Waals surface area contributed by atoms with Crippen molar-refractivity contribution in [1.29, 1.82) is 0 Å². The summed E-state index contributed by atoms with van der Waals surface area (Å²) in [4.78, 5) is 23.9. The average molecular weight is 344 g/mol. The molecule has 0 saturated heterocycles. The summed E-state index contributed by atoms with van der Waals surface area (Å²) < 4.78 is 10.3. The summed E-state index contributed by atoms with van der Waals surface area (Å²) in [6, 6.07) is 6.59. The number of benzene rings is 1. The Morgan fingerprint density at radius 1 is 0.857 bits per heavy atom. The topological polar surface area (TPSA) is 52.6 Å². The average Bonchev–Trinajstić information content (AvgIpc) is 2.47. The third-order valence-corrected chi connectivity index (χ3v) is 2.83. The van der Waals surface area contributed by atoms with E-state index in [1.807, 2.05) is 13.8 Å². The number of carbonyl (C=O) groups is 2. The van der Waals surface area contributed by atoms with Crippen LogP contribution in [0.25, 0.3) is 0 Å². The van der Waals surface area contributed by atoms with Crippen molar-refractivity contribution in [3.8, 4) is 0 Å². The van der Waals surface area contributed by atoms with E-state index in [9.17, 15) is 9.59 Å². The molecule has 0 N–H and O–H groups in total. The Balaban J connectivity index is 0.00000400.